The molecule has 6 nitrogen and oxygen atoms in total. The van der Waals surface area contributed by atoms with Crippen LogP contribution in [0.15, 0.2) is 78.9 Å². The van der Waals surface area contributed by atoms with E-state index in [0.29, 0.717) is 5.56 Å². The number of Topliss-reactive ketones (excluding diaryl/α,β-unsaturated/α-hetero) is 2. The molecule has 0 radical (unpaired) electrons. The SMILES string of the molecule is O=C1[C@H]2[C@@H](c3ccccc3)OC3(C(=O)c4ccccc4C3=O)[C@H]2C(=O)N1c1ccccc1Cl. The van der Waals surface area contributed by atoms with Gasteiger partial charge in [0.1, 0.15) is 0 Å². The predicted molar refractivity (Wildman–Crippen MR) is 119 cm³/mol. The zero-order chi connectivity index (χ0) is 22.9. The second-order valence-corrected chi connectivity index (χ2v) is 8.76. The van der Waals surface area contributed by atoms with Crippen molar-refractivity contribution in [1.29, 1.82) is 0 Å². The van der Waals surface area contributed by atoms with E-state index in [1.54, 1.807) is 72.8 Å². The summed E-state index contributed by atoms with van der Waals surface area (Å²) in [7, 11) is 0. The molecule has 2 aliphatic heterocycles. The highest BCUT2D eigenvalue weighted by Crippen LogP contribution is 2.58. The van der Waals surface area contributed by atoms with Gasteiger partial charge in [-0.25, -0.2) is 4.90 Å². The van der Waals surface area contributed by atoms with Gasteiger partial charge in [-0.1, -0.05) is 78.3 Å². The normalized spacial score (nSPS) is 25.1. The quantitative estimate of drug-likeness (QED) is 0.428. The van der Waals surface area contributed by atoms with E-state index in [4.69, 9.17) is 16.3 Å². The van der Waals surface area contributed by atoms with Crippen LogP contribution in [0.25, 0.3) is 0 Å². The Morgan fingerprint density at radius 1 is 0.727 bits per heavy atom. The number of ketones is 2. The number of benzene rings is 3. The molecule has 1 aliphatic carbocycles. The Balaban J connectivity index is 1.57. The van der Waals surface area contributed by atoms with Crippen LogP contribution in [0.2, 0.25) is 5.02 Å². The fourth-order valence-corrected chi connectivity index (χ4v) is 5.55. The molecule has 3 atom stereocenters. The van der Waals surface area contributed by atoms with Crippen LogP contribution in [0.5, 0.6) is 0 Å². The highest BCUT2D eigenvalue weighted by Gasteiger charge is 2.74. The average Bonchev–Trinajstić information content (AvgIpc) is 3.40. The van der Waals surface area contributed by atoms with E-state index in [2.05, 4.69) is 0 Å². The van der Waals surface area contributed by atoms with E-state index >= 15 is 0 Å². The van der Waals surface area contributed by atoms with Crippen molar-refractivity contribution < 1.29 is 23.9 Å². The molecule has 33 heavy (non-hydrogen) atoms. The minimum atomic E-state index is -2.09. The first-order valence-corrected chi connectivity index (χ1v) is 10.9. The molecule has 1 spiro atoms. The molecule has 7 heteroatoms. The van der Waals surface area contributed by atoms with Gasteiger partial charge in [0, 0.05) is 11.1 Å². The van der Waals surface area contributed by atoms with Gasteiger partial charge in [-0.05, 0) is 17.7 Å². The van der Waals surface area contributed by atoms with Gasteiger partial charge in [-0.2, -0.15) is 0 Å². The third-order valence-electron chi connectivity index (χ3n) is 6.74. The number of hydrogen-bond acceptors (Lipinski definition) is 5. The van der Waals surface area contributed by atoms with Gasteiger partial charge in [-0.15, -0.1) is 0 Å². The lowest BCUT2D eigenvalue weighted by molar-refractivity contribution is -0.127. The van der Waals surface area contributed by atoms with E-state index in [0.717, 1.165) is 4.90 Å². The topological polar surface area (TPSA) is 80.8 Å². The Labute approximate surface area is 193 Å². The summed E-state index contributed by atoms with van der Waals surface area (Å²) >= 11 is 6.32. The Morgan fingerprint density at radius 3 is 1.94 bits per heavy atom. The molecule has 2 saturated heterocycles. The van der Waals surface area contributed by atoms with Gasteiger partial charge in [-0.3, -0.25) is 19.2 Å². The molecule has 2 amide bonds. The summed E-state index contributed by atoms with van der Waals surface area (Å²) in [6.45, 7) is 0. The number of imide groups is 1. The van der Waals surface area contributed by atoms with E-state index in [9.17, 15) is 19.2 Å². The van der Waals surface area contributed by atoms with E-state index in [1.807, 2.05) is 6.07 Å². The molecule has 0 aromatic heterocycles. The first-order valence-electron chi connectivity index (χ1n) is 10.5. The number of halogens is 1. The van der Waals surface area contributed by atoms with Crippen LogP contribution in [0.1, 0.15) is 32.4 Å². The van der Waals surface area contributed by atoms with Crippen molar-refractivity contribution in [3.63, 3.8) is 0 Å². The van der Waals surface area contributed by atoms with Crippen molar-refractivity contribution >= 4 is 40.7 Å². The monoisotopic (exact) mass is 457 g/mol. The lowest BCUT2D eigenvalue weighted by atomic mass is 9.77. The number of nitrogens with zero attached hydrogens (tertiary/aromatic N) is 1. The standard InChI is InChI=1S/C26H16ClNO5/c27-17-12-6-7-13-18(17)28-24(31)19-20(25(28)32)26(33-21(19)14-8-2-1-3-9-14)22(29)15-10-4-5-11-16(15)23(26)30/h1-13,19-21H/t19-,20-,21-/m1/s1. The molecule has 0 saturated carbocycles. The maximum Gasteiger partial charge on any atom is 0.241 e. The number of carbonyl (C=O) groups excluding carboxylic acids is 4. The van der Waals surface area contributed by atoms with Gasteiger partial charge in [0.25, 0.3) is 0 Å². The Morgan fingerprint density at radius 2 is 1.30 bits per heavy atom. The smallest absolute Gasteiger partial charge is 0.241 e. The van der Waals surface area contributed by atoms with Gasteiger partial charge in [0.15, 0.2) is 0 Å². The van der Waals surface area contributed by atoms with Crippen molar-refractivity contribution in [2.75, 3.05) is 4.90 Å². The molecule has 2 heterocycles. The highest BCUT2D eigenvalue weighted by molar-refractivity contribution is 6.39. The molecular formula is C26H16ClNO5. The van der Waals surface area contributed by atoms with E-state index in [-0.39, 0.29) is 21.8 Å². The number of carbonyl (C=O) groups is 4. The lowest BCUT2D eigenvalue weighted by Gasteiger charge is -2.27. The predicted octanol–water partition coefficient (Wildman–Crippen LogP) is 4.04. The molecule has 0 bridgehead atoms. The van der Waals surface area contributed by atoms with Crippen LogP contribution in [-0.4, -0.2) is 29.0 Å². The highest BCUT2D eigenvalue weighted by atomic mass is 35.5. The molecule has 2 fully saturated rings. The minimum Gasteiger partial charge on any atom is -0.349 e. The van der Waals surface area contributed by atoms with Crippen LogP contribution in [0, 0.1) is 11.8 Å². The fourth-order valence-electron chi connectivity index (χ4n) is 5.33. The summed E-state index contributed by atoms with van der Waals surface area (Å²) in [5.74, 6) is -4.71. The van der Waals surface area contributed by atoms with Crippen LogP contribution in [0.4, 0.5) is 5.69 Å². The van der Waals surface area contributed by atoms with Gasteiger partial charge < -0.3 is 4.74 Å². The molecule has 6 rings (SSSR count). The number of hydrogen-bond donors (Lipinski definition) is 0. The summed E-state index contributed by atoms with van der Waals surface area (Å²) in [6.07, 6.45) is -0.942. The fraction of sp³-hybridized carbons (Fsp3) is 0.154. The van der Waals surface area contributed by atoms with Crippen LogP contribution < -0.4 is 4.90 Å². The summed E-state index contributed by atoms with van der Waals surface area (Å²) in [5, 5.41) is 0.220. The summed E-state index contributed by atoms with van der Waals surface area (Å²) in [6, 6.07) is 21.8. The molecule has 162 valence electrons. The number of anilines is 1. The third-order valence-corrected chi connectivity index (χ3v) is 7.06. The van der Waals surface area contributed by atoms with E-state index in [1.165, 1.54) is 0 Å². The van der Waals surface area contributed by atoms with Crippen molar-refractivity contribution in [1.82, 2.24) is 0 Å². The van der Waals surface area contributed by atoms with E-state index < -0.39 is 46.9 Å². The second kappa shape index (κ2) is 6.94. The maximum atomic E-state index is 13.8. The average molecular weight is 458 g/mol. The van der Waals surface area contributed by atoms with Crippen LogP contribution in [-0.2, 0) is 14.3 Å². The Hall–Kier alpha value is -3.61. The number of para-hydroxylation sites is 1. The van der Waals surface area contributed by atoms with Gasteiger partial charge in [0.2, 0.25) is 29.0 Å². The first kappa shape index (κ1) is 20.0. The second-order valence-electron chi connectivity index (χ2n) is 8.36. The summed E-state index contributed by atoms with van der Waals surface area (Å²) in [5.41, 5.74) is -0.848. The van der Waals surface area contributed by atoms with Crippen LogP contribution in [0.3, 0.4) is 0 Å². The summed E-state index contributed by atoms with van der Waals surface area (Å²) < 4.78 is 6.22. The minimum absolute atomic E-state index is 0.200. The number of amides is 2. The van der Waals surface area contributed by atoms with Gasteiger partial charge in [0.05, 0.1) is 28.6 Å². The number of ether oxygens (including phenoxy) is 1. The maximum absolute atomic E-state index is 13.8. The lowest BCUT2D eigenvalue weighted by Crippen LogP contribution is -2.51. The molecular weight excluding hydrogens is 442 g/mol. The molecule has 3 aliphatic rings. The first-order chi connectivity index (χ1) is 16.0. The Bertz CT molecular complexity index is 1330. The number of rotatable bonds is 2. The third kappa shape index (κ3) is 2.47. The van der Waals surface area contributed by atoms with Crippen LogP contribution >= 0.6 is 11.6 Å². The zero-order valence-corrected chi connectivity index (χ0v) is 17.9. The Kier molecular flexibility index (Phi) is 4.21. The number of fused-ring (bicyclic) bond motifs is 3. The van der Waals surface area contributed by atoms with Crippen molar-refractivity contribution in [3.8, 4) is 0 Å². The summed E-state index contributed by atoms with van der Waals surface area (Å²) in [4.78, 5) is 55.8. The molecule has 3 aromatic carbocycles. The van der Waals surface area contributed by atoms with Crippen molar-refractivity contribution in [2.24, 2.45) is 11.8 Å². The molecule has 3 aromatic rings. The van der Waals surface area contributed by atoms with Crippen molar-refractivity contribution in [3.05, 3.63) is 101 Å². The zero-order valence-electron chi connectivity index (χ0n) is 17.1. The molecule has 0 unspecified atom stereocenters. The molecule has 0 N–H and O–H groups in total. The van der Waals surface area contributed by atoms with Crippen molar-refractivity contribution in [2.45, 2.75) is 11.7 Å². The van der Waals surface area contributed by atoms with Gasteiger partial charge >= 0.3 is 0 Å². The largest absolute Gasteiger partial charge is 0.349 e.